The van der Waals surface area contributed by atoms with Gasteiger partial charge in [-0.2, -0.15) is 12.6 Å². The molecule has 1 fully saturated rings. The average Bonchev–Trinajstić information content (AvgIpc) is 2.13. The van der Waals surface area contributed by atoms with Gasteiger partial charge in [0.05, 0.1) is 0 Å². The number of hydrogen-bond acceptors (Lipinski definition) is 3. The highest BCUT2D eigenvalue weighted by Crippen LogP contribution is 2.08. The predicted molar refractivity (Wildman–Crippen MR) is 47.5 cm³/mol. The largest absolute Gasteiger partial charge is 0.326 e. The third kappa shape index (κ3) is 2.48. The molecule has 1 heterocycles. The topological polar surface area (TPSA) is 29.3 Å². The minimum absolute atomic E-state index is 0.409. The van der Waals surface area contributed by atoms with Crippen molar-refractivity contribution in [3.8, 4) is 0 Å². The van der Waals surface area contributed by atoms with Crippen molar-refractivity contribution in [2.24, 2.45) is 5.73 Å². The van der Waals surface area contributed by atoms with Crippen LogP contribution in [0, 0.1) is 0 Å². The molecule has 0 amide bonds. The van der Waals surface area contributed by atoms with Crippen LogP contribution >= 0.6 is 12.6 Å². The van der Waals surface area contributed by atoms with Gasteiger partial charge in [-0.15, -0.1) is 0 Å². The number of hydrogen-bond donors (Lipinski definition) is 2. The van der Waals surface area contributed by atoms with Gasteiger partial charge in [0, 0.05) is 24.4 Å². The van der Waals surface area contributed by atoms with Gasteiger partial charge in [0.25, 0.3) is 0 Å². The van der Waals surface area contributed by atoms with E-state index in [0.29, 0.717) is 11.3 Å². The van der Waals surface area contributed by atoms with Gasteiger partial charge in [0.2, 0.25) is 0 Å². The van der Waals surface area contributed by atoms with E-state index in [9.17, 15) is 0 Å². The van der Waals surface area contributed by atoms with Crippen molar-refractivity contribution in [2.75, 3.05) is 19.6 Å². The molecule has 3 heteroatoms. The molecule has 2 atom stereocenters. The number of nitrogens with zero attached hydrogens (tertiary/aromatic N) is 1. The van der Waals surface area contributed by atoms with Gasteiger partial charge in [0.15, 0.2) is 0 Å². The second-order valence-corrected chi connectivity index (χ2v) is 4.04. The summed E-state index contributed by atoms with van der Waals surface area (Å²) in [5.74, 6) is 0. The van der Waals surface area contributed by atoms with Crippen molar-refractivity contribution in [2.45, 2.75) is 24.6 Å². The minimum atomic E-state index is 0.409. The fourth-order valence-corrected chi connectivity index (χ4v) is 1.63. The van der Waals surface area contributed by atoms with Crippen LogP contribution in [0.15, 0.2) is 0 Å². The molecule has 10 heavy (non-hydrogen) atoms. The molecule has 0 radical (unpaired) electrons. The van der Waals surface area contributed by atoms with E-state index >= 15 is 0 Å². The molecule has 0 bridgehead atoms. The summed E-state index contributed by atoms with van der Waals surface area (Å²) in [5, 5.41) is 0.477. The first-order valence-corrected chi connectivity index (χ1v) is 4.36. The number of thiol groups is 1. The van der Waals surface area contributed by atoms with Gasteiger partial charge in [0.1, 0.15) is 0 Å². The Morgan fingerprint density at radius 3 is 2.90 bits per heavy atom. The Hall–Kier alpha value is 0.270. The summed E-state index contributed by atoms with van der Waals surface area (Å²) >= 11 is 4.32. The molecule has 2 unspecified atom stereocenters. The standard InChI is InChI=1S/C7H16N2S/c1-6(10)4-9-3-2-7(8)5-9/h6-7,10H,2-5,8H2,1H3. The zero-order valence-corrected chi connectivity index (χ0v) is 7.35. The van der Waals surface area contributed by atoms with E-state index in [4.69, 9.17) is 5.73 Å². The highest BCUT2D eigenvalue weighted by atomic mass is 32.1. The Labute approximate surface area is 68.2 Å². The Morgan fingerprint density at radius 1 is 1.80 bits per heavy atom. The average molecular weight is 160 g/mol. The quantitative estimate of drug-likeness (QED) is 0.570. The lowest BCUT2D eigenvalue weighted by Gasteiger charge is -2.16. The van der Waals surface area contributed by atoms with Crippen molar-refractivity contribution in [3.05, 3.63) is 0 Å². The van der Waals surface area contributed by atoms with Crippen LogP contribution in [0.1, 0.15) is 13.3 Å². The van der Waals surface area contributed by atoms with Gasteiger partial charge >= 0.3 is 0 Å². The molecule has 0 aromatic carbocycles. The van der Waals surface area contributed by atoms with Crippen LogP contribution in [0.2, 0.25) is 0 Å². The highest BCUT2D eigenvalue weighted by molar-refractivity contribution is 7.80. The normalized spacial score (nSPS) is 30.9. The van der Waals surface area contributed by atoms with Crippen LogP contribution in [0.3, 0.4) is 0 Å². The van der Waals surface area contributed by atoms with Crippen molar-refractivity contribution in [1.29, 1.82) is 0 Å². The molecule has 1 saturated heterocycles. The molecule has 60 valence electrons. The van der Waals surface area contributed by atoms with E-state index in [2.05, 4.69) is 24.5 Å². The van der Waals surface area contributed by atoms with E-state index < -0.39 is 0 Å². The van der Waals surface area contributed by atoms with E-state index in [-0.39, 0.29) is 0 Å². The summed E-state index contributed by atoms with van der Waals surface area (Å²) < 4.78 is 0. The Morgan fingerprint density at radius 2 is 2.50 bits per heavy atom. The third-order valence-corrected chi connectivity index (χ3v) is 1.99. The second kappa shape index (κ2) is 3.60. The third-order valence-electron chi connectivity index (χ3n) is 1.83. The summed E-state index contributed by atoms with van der Waals surface area (Å²) in [4.78, 5) is 2.38. The fourth-order valence-electron chi connectivity index (χ4n) is 1.40. The van der Waals surface area contributed by atoms with Crippen LogP contribution in [-0.4, -0.2) is 35.8 Å². The Kier molecular flexibility index (Phi) is 3.01. The molecule has 1 aliphatic heterocycles. The molecule has 0 aliphatic carbocycles. The molecule has 2 nitrogen and oxygen atoms in total. The first-order valence-electron chi connectivity index (χ1n) is 3.84. The lowest BCUT2D eigenvalue weighted by atomic mass is 10.3. The Bertz CT molecular complexity index is 106. The van der Waals surface area contributed by atoms with Crippen molar-refractivity contribution < 1.29 is 0 Å². The molecule has 2 N–H and O–H groups in total. The van der Waals surface area contributed by atoms with E-state index in [1.165, 1.54) is 0 Å². The first-order chi connectivity index (χ1) is 4.68. The Balaban J connectivity index is 2.18. The van der Waals surface area contributed by atoms with Crippen LogP contribution in [0.25, 0.3) is 0 Å². The van der Waals surface area contributed by atoms with Gasteiger partial charge in [-0.05, 0) is 13.0 Å². The smallest absolute Gasteiger partial charge is 0.0180 e. The number of rotatable bonds is 2. The van der Waals surface area contributed by atoms with Gasteiger partial charge < -0.3 is 10.6 Å². The molecule has 0 saturated carbocycles. The lowest BCUT2D eigenvalue weighted by Crippen LogP contribution is -2.30. The summed E-state index contributed by atoms with van der Waals surface area (Å²) in [5.41, 5.74) is 5.73. The maximum Gasteiger partial charge on any atom is 0.0180 e. The van der Waals surface area contributed by atoms with E-state index in [1.807, 2.05) is 0 Å². The molecule has 1 rings (SSSR count). The van der Waals surface area contributed by atoms with Crippen LogP contribution in [-0.2, 0) is 0 Å². The van der Waals surface area contributed by atoms with Crippen LogP contribution in [0.5, 0.6) is 0 Å². The van der Waals surface area contributed by atoms with Crippen molar-refractivity contribution in [1.82, 2.24) is 4.90 Å². The van der Waals surface area contributed by atoms with E-state index in [1.54, 1.807) is 0 Å². The highest BCUT2D eigenvalue weighted by Gasteiger charge is 2.18. The maximum atomic E-state index is 5.73. The molecule has 0 aromatic rings. The SMILES string of the molecule is CC(S)CN1CCC(N)C1. The van der Waals surface area contributed by atoms with Crippen LogP contribution < -0.4 is 5.73 Å². The molecule has 0 spiro atoms. The lowest BCUT2D eigenvalue weighted by molar-refractivity contribution is 0.339. The van der Waals surface area contributed by atoms with Crippen molar-refractivity contribution >= 4 is 12.6 Å². The molecule has 0 aromatic heterocycles. The molecular weight excluding hydrogens is 144 g/mol. The summed E-state index contributed by atoms with van der Waals surface area (Å²) in [6.07, 6.45) is 1.15. The minimum Gasteiger partial charge on any atom is -0.326 e. The zero-order valence-electron chi connectivity index (χ0n) is 6.45. The van der Waals surface area contributed by atoms with Crippen molar-refractivity contribution in [3.63, 3.8) is 0 Å². The van der Waals surface area contributed by atoms with Crippen LogP contribution in [0.4, 0.5) is 0 Å². The van der Waals surface area contributed by atoms with Gasteiger partial charge in [-0.1, -0.05) is 6.92 Å². The monoisotopic (exact) mass is 160 g/mol. The predicted octanol–water partition coefficient (Wildman–Crippen LogP) is 0.338. The summed E-state index contributed by atoms with van der Waals surface area (Å²) in [6.45, 7) is 5.42. The maximum absolute atomic E-state index is 5.73. The zero-order chi connectivity index (χ0) is 7.56. The molecular formula is C7H16N2S. The van der Waals surface area contributed by atoms with E-state index in [0.717, 1.165) is 26.1 Å². The fraction of sp³-hybridized carbons (Fsp3) is 1.00. The summed E-state index contributed by atoms with van der Waals surface area (Å²) in [7, 11) is 0. The van der Waals surface area contributed by atoms with Gasteiger partial charge in [-0.3, -0.25) is 0 Å². The number of likely N-dealkylation sites (tertiary alicyclic amines) is 1. The first kappa shape index (κ1) is 8.37. The van der Waals surface area contributed by atoms with Gasteiger partial charge in [-0.25, -0.2) is 0 Å². The molecule has 1 aliphatic rings. The second-order valence-electron chi connectivity index (χ2n) is 3.16. The number of nitrogens with two attached hydrogens (primary N) is 1. The summed E-state index contributed by atoms with van der Waals surface area (Å²) in [6, 6.07) is 0.409.